The molecule has 2 unspecified atom stereocenters. The maximum absolute atomic E-state index is 12.5. The maximum atomic E-state index is 12.5. The van der Waals surface area contributed by atoms with Crippen LogP contribution in [0.15, 0.2) is 24.7 Å². The molecule has 3 fully saturated rings. The second kappa shape index (κ2) is 5.82. The fraction of sp³-hybridized carbons (Fsp3) is 0.556. The van der Waals surface area contributed by atoms with Crippen LogP contribution in [0.4, 0.5) is 5.82 Å². The average Bonchev–Trinajstić information content (AvgIpc) is 3.28. The van der Waals surface area contributed by atoms with E-state index in [0.29, 0.717) is 23.4 Å². The fourth-order valence-electron chi connectivity index (χ4n) is 4.35. The first-order valence-corrected chi connectivity index (χ1v) is 9.13. The maximum Gasteiger partial charge on any atom is 0.271 e. The van der Waals surface area contributed by atoms with Crippen molar-refractivity contribution in [3.8, 4) is 0 Å². The number of carbonyl (C=O) groups is 1. The Bertz CT molecular complexity index is 758. The van der Waals surface area contributed by atoms with Gasteiger partial charge in [0.15, 0.2) is 0 Å². The van der Waals surface area contributed by atoms with Crippen LogP contribution in [0.5, 0.6) is 0 Å². The predicted octanol–water partition coefficient (Wildman–Crippen LogP) is 1.68. The zero-order valence-electron chi connectivity index (χ0n) is 14.1. The summed E-state index contributed by atoms with van der Waals surface area (Å²) in [4.78, 5) is 25.8. The number of rotatable bonds is 3. The zero-order chi connectivity index (χ0) is 16.8. The van der Waals surface area contributed by atoms with Gasteiger partial charge in [-0.1, -0.05) is 6.42 Å². The van der Waals surface area contributed by atoms with Crippen LogP contribution in [0.3, 0.4) is 0 Å². The fourth-order valence-corrected chi connectivity index (χ4v) is 4.35. The van der Waals surface area contributed by atoms with Gasteiger partial charge in [-0.05, 0) is 18.9 Å². The molecule has 2 aromatic heterocycles. The lowest BCUT2D eigenvalue weighted by atomic mass is 9.83. The van der Waals surface area contributed by atoms with Crippen molar-refractivity contribution in [2.45, 2.75) is 25.2 Å². The Morgan fingerprint density at radius 3 is 2.56 bits per heavy atom. The van der Waals surface area contributed by atoms with E-state index in [0.717, 1.165) is 32.0 Å². The molecule has 0 bridgehead atoms. The Morgan fingerprint density at radius 2 is 1.92 bits per heavy atom. The van der Waals surface area contributed by atoms with Gasteiger partial charge < -0.3 is 9.80 Å². The zero-order valence-corrected chi connectivity index (χ0v) is 14.1. The van der Waals surface area contributed by atoms with Crippen molar-refractivity contribution >= 4 is 11.7 Å². The molecule has 0 radical (unpaired) electrons. The molecule has 130 valence electrons. The summed E-state index contributed by atoms with van der Waals surface area (Å²) in [5, 5.41) is 6.65. The summed E-state index contributed by atoms with van der Waals surface area (Å²) < 4.78 is 0. The van der Waals surface area contributed by atoms with Crippen molar-refractivity contribution in [3.63, 3.8) is 0 Å². The summed E-state index contributed by atoms with van der Waals surface area (Å²) >= 11 is 0. The molecule has 2 aliphatic heterocycles. The molecule has 1 saturated carbocycles. The van der Waals surface area contributed by atoms with Gasteiger partial charge in [0.05, 0.1) is 0 Å². The molecule has 1 amide bonds. The van der Waals surface area contributed by atoms with Crippen LogP contribution < -0.4 is 4.90 Å². The minimum absolute atomic E-state index is 0.0627. The molecule has 2 atom stereocenters. The standard InChI is InChI=1S/C18H22N6O/c25-18(15-4-5-21-22-15)24-9-13-7-23(8-14(13)10-24)17-6-16(19-11-20-17)12-2-1-3-12/h4-6,11-14H,1-3,7-10H2,(H,21,22). The van der Waals surface area contributed by atoms with Crippen LogP contribution in [-0.2, 0) is 0 Å². The van der Waals surface area contributed by atoms with Gasteiger partial charge >= 0.3 is 0 Å². The van der Waals surface area contributed by atoms with Crippen molar-refractivity contribution in [1.29, 1.82) is 0 Å². The average molecular weight is 338 g/mol. The van der Waals surface area contributed by atoms with Gasteiger partial charge in [-0.15, -0.1) is 0 Å². The lowest BCUT2D eigenvalue weighted by Gasteiger charge is -2.26. The highest BCUT2D eigenvalue weighted by Gasteiger charge is 2.42. The Balaban J connectivity index is 1.26. The van der Waals surface area contributed by atoms with Gasteiger partial charge in [-0.2, -0.15) is 5.10 Å². The number of aromatic amines is 1. The first-order valence-electron chi connectivity index (χ1n) is 9.13. The minimum Gasteiger partial charge on any atom is -0.356 e. The normalized spacial score (nSPS) is 25.9. The number of H-pyrrole nitrogens is 1. The van der Waals surface area contributed by atoms with E-state index in [2.05, 4.69) is 31.1 Å². The molecule has 2 saturated heterocycles. The summed E-state index contributed by atoms with van der Waals surface area (Å²) in [6.07, 6.45) is 7.17. The topological polar surface area (TPSA) is 78.0 Å². The molecule has 3 aliphatic rings. The minimum atomic E-state index is 0.0627. The van der Waals surface area contributed by atoms with Crippen LogP contribution >= 0.6 is 0 Å². The Hall–Kier alpha value is -2.44. The number of nitrogens with one attached hydrogen (secondary N) is 1. The number of hydrogen-bond acceptors (Lipinski definition) is 5. The highest BCUT2D eigenvalue weighted by Crippen LogP contribution is 2.37. The third-order valence-electron chi connectivity index (χ3n) is 6.03. The molecule has 7 heteroatoms. The number of aromatic nitrogens is 4. The van der Waals surface area contributed by atoms with Crippen molar-refractivity contribution in [2.24, 2.45) is 11.8 Å². The molecular formula is C18H22N6O. The Morgan fingerprint density at radius 1 is 1.12 bits per heavy atom. The highest BCUT2D eigenvalue weighted by molar-refractivity contribution is 5.92. The van der Waals surface area contributed by atoms with E-state index in [1.165, 1.54) is 25.0 Å². The molecule has 5 rings (SSSR count). The molecule has 2 aromatic rings. The van der Waals surface area contributed by atoms with Gasteiger partial charge in [0, 0.05) is 61.9 Å². The van der Waals surface area contributed by atoms with Gasteiger partial charge in [-0.3, -0.25) is 9.89 Å². The summed E-state index contributed by atoms with van der Waals surface area (Å²) in [5.74, 6) is 2.79. The third kappa shape index (κ3) is 2.58. The largest absolute Gasteiger partial charge is 0.356 e. The van der Waals surface area contributed by atoms with E-state index in [4.69, 9.17) is 0 Å². The molecule has 1 N–H and O–H groups in total. The molecule has 7 nitrogen and oxygen atoms in total. The first kappa shape index (κ1) is 14.9. The Labute approximate surface area is 146 Å². The van der Waals surface area contributed by atoms with Gasteiger partial charge in [0.2, 0.25) is 0 Å². The number of hydrogen-bond donors (Lipinski definition) is 1. The predicted molar refractivity (Wildman–Crippen MR) is 92.3 cm³/mol. The van der Waals surface area contributed by atoms with Crippen LogP contribution in [0.1, 0.15) is 41.4 Å². The molecule has 1 aliphatic carbocycles. The molecule has 4 heterocycles. The van der Waals surface area contributed by atoms with Crippen LogP contribution in [0.2, 0.25) is 0 Å². The van der Waals surface area contributed by atoms with Gasteiger partial charge in [0.1, 0.15) is 17.8 Å². The first-order chi connectivity index (χ1) is 12.3. The van der Waals surface area contributed by atoms with E-state index in [9.17, 15) is 4.79 Å². The van der Waals surface area contributed by atoms with Gasteiger partial charge in [0.25, 0.3) is 5.91 Å². The lowest BCUT2D eigenvalue weighted by Crippen LogP contribution is -2.33. The van der Waals surface area contributed by atoms with E-state index >= 15 is 0 Å². The molecule has 0 spiro atoms. The molecule has 0 aromatic carbocycles. The smallest absolute Gasteiger partial charge is 0.271 e. The monoisotopic (exact) mass is 338 g/mol. The second-order valence-corrected chi connectivity index (χ2v) is 7.53. The molecule has 25 heavy (non-hydrogen) atoms. The highest BCUT2D eigenvalue weighted by atomic mass is 16.2. The quantitative estimate of drug-likeness (QED) is 0.921. The number of nitrogens with zero attached hydrogens (tertiary/aromatic N) is 5. The summed E-state index contributed by atoms with van der Waals surface area (Å²) in [6.45, 7) is 3.58. The number of fused-ring (bicyclic) bond motifs is 1. The van der Waals surface area contributed by atoms with E-state index < -0.39 is 0 Å². The van der Waals surface area contributed by atoms with Gasteiger partial charge in [-0.25, -0.2) is 9.97 Å². The van der Waals surface area contributed by atoms with Crippen LogP contribution in [0.25, 0.3) is 0 Å². The summed E-state index contributed by atoms with van der Waals surface area (Å²) in [6, 6.07) is 3.92. The van der Waals surface area contributed by atoms with Crippen molar-refractivity contribution < 1.29 is 4.79 Å². The van der Waals surface area contributed by atoms with Crippen LogP contribution in [-0.4, -0.2) is 57.2 Å². The van der Waals surface area contributed by atoms with E-state index in [1.54, 1.807) is 18.6 Å². The van der Waals surface area contributed by atoms with E-state index in [-0.39, 0.29) is 5.91 Å². The van der Waals surface area contributed by atoms with Crippen molar-refractivity contribution in [3.05, 3.63) is 36.0 Å². The third-order valence-corrected chi connectivity index (χ3v) is 6.03. The second-order valence-electron chi connectivity index (χ2n) is 7.53. The number of anilines is 1. The Kier molecular flexibility index (Phi) is 3.46. The number of carbonyl (C=O) groups excluding carboxylic acids is 1. The summed E-state index contributed by atoms with van der Waals surface area (Å²) in [5.41, 5.74) is 1.78. The molecular weight excluding hydrogens is 316 g/mol. The van der Waals surface area contributed by atoms with Crippen LogP contribution in [0, 0.1) is 11.8 Å². The number of amides is 1. The lowest BCUT2D eigenvalue weighted by molar-refractivity contribution is 0.0776. The van der Waals surface area contributed by atoms with Crippen molar-refractivity contribution in [1.82, 2.24) is 25.1 Å². The van der Waals surface area contributed by atoms with Crippen molar-refractivity contribution in [2.75, 3.05) is 31.1 Å². The number of likely N-dealkylation sites (tertiary alicyclic amines) is 1. The SMILES string of the molecule is O=C(c1ccn[nH]1)N1CC2CN(c3cc(C4CCC4)ncn3)CC2C1. The van der Waals surface area contributed by atoms with E-state index in [1.807, 2.05) is 4.90 Å². The summed E-state index contributed by atoms with van der Waals surface area (Å²) in [7, 11) is 0.